The van der Waals surface area contributed by atoms with E-state index in [2.05, 4.69) is 10.6 Å². The predicted octanol–water partition coefficient (Wildman–Crippen LogP) is 5.53. The van der Waals surface area contributed by atoms with Crippen molar-refractivity contribution in [3.63, 3.8) is 0 Å². The molecule has 0 unspecified atom stereocenters. The summed E-state index contributed by atoms with van der Waals surface area (Å²) in [4.78, 5) is 4.75. The molecule has 0 radical (unpaired) electrons. The maximum absolute atomic E-state index is 6.11. The minimum absolute atomic E-state index is 0.120. The number of nitrogens with zero attached hydrogens (tertiary/aromatic N) is 1. The Morgan fingerprint density at radius 1 is 1.12 bits per heavy atom. The van der Waals surface area contributed by atoms with E-state index in [0.29, 0.717) is 22.5 Å². The van der Waals surface area contributed by atoms with Gasteiger partial charge in [0.15, 0.2) is 0 Å². The molecule has 1 aliphatic heterocycles. The van der Waals surface area contributed by atoms with Gasteiger partial charge in [-0.25, -0.2) is 0 Å². The van der Waals surface area contributed by atoms with Crippen molar-refractivity contribution in [2.45, 2.75) is 44.2 Å². The third-order valence-corrected chi connectivity index (χ3v) is 5.58. The van der Waals surface area contributed by atoms with Gasteiger partial charge in [0.2, 0.25) is 5.88 Å². The van der Waals surface area contributed by atoms with E-state index in [-0.39, 0.29) is 5.54 Å². The second-order valence-corrected chi connectivity index (χ2v) is 7.28. The quantitative estimate of drug-likeness (QED) is 0.736. The minimum Gasteiger partial charge on any atom is -0.445 e. The molecule has 2 aliphatic rings. The van der Waals surface area contributed by atoms with Crippen molar-refractivity contribution >= 4 is 40.6 Å². The summed E-state index contributed by atoms with van der Waals surface area (Å²) in [6.07, 6.45) is 7.51. The zero-order chi connectivity index (χ0) is 16.6. The van der Waals surface area contributed by atoms with E-state index in [1.54, 1.807) is 6.26 Å². The molecule has 1 aliphatic carbocycles. The molecule has 1 fully saturated rings. The topological polar surface area (TPSA) is 49.6 Å². The van der Waals surface area contributed by atoms with Gasteiger partial charge < -0.3 is 15.1 Å². The number of hydrogen-bond acceptors (Lipinski definition) is 4. The Kier molecular flexibility index (Phi) is 4.19. The van der Waals surface area contributed by atoms with Crippen LogP contribution in [0.2, 0.25) is 10.0 Å². The van der Waals surface area contributed by atoms with Gasteiger partial charge >= 0.3 is 0 Å². The lowest BCUT2D eigenvalue weighted by Crippen LogP contribution is -2.54. The van der Waals surface area contributed by atoms with Crippen LogP contribution in [0.4, 0.5) is 11.6 Å². The van der Waals surface area contributed by atoms with Gasteiger partial charge in [-0.1, -0.05) is 48.5 Å². The molecule has 24 heavy (non-hydrogen) atoms. The number of rotatable bonds is 2. The molecule has 4 nitrogen and oxygen atoms in total. The van der Waals surface area contributed by atoms with Crippen LogP contribution in [0.5, 0.6) is 0 Å². The van der Waals surface area contributed by atoms with Gasteiger partial charge in [0.05, 0.1) is 21.8 Å². The Balaban J connectivity index is 1.59. The van der Waals surface area contributed by atoms with E-state index in [9.17, 15) is 0 Å². The Bertz CT molecular complexity index is 778. The zero-order valence-corrected chi connectivity index (χ0v) is 14.8. The van der Waals surface area contributed by atoms with E-state index in [4.69, 9.17) is 32.6 Å². The van der Waals surface area contributed by atoms with Crippen molar-refractivity contribution in [1.29, 1.82) is 0 Å². The molecule has 1 aromatic carbocycles. The molecule has 126 valence electrons. The maximum atomic E-state index is 6.11. The predicted molar refractivity (Wildman–Crippen MR) is 98.5 cm³/mol. The average Bonchev–Trinajstić information content (AvgIpc) is 3.03. The molecule has 1 aromatic heterocycles. The molecule has 2 heterocycles. The van der Waals surface area contributed by atoms with Crippen LogP contribution in [-0.4, -0.2) is 11.4 Å². The van der Waals surface area contributed by atoms with Gasteiger partial charge in [0.25, 0.3) is 0 Å². The molecule has 6 heteroatoms. The van der Waals surface area contributed by atoms with Crippen LogP contribution in [0.3, 0.4) is 0 Å². The lowest BCUT2D eigenvalue weighted by Gasteiger charge is -2.41. The zero-order valence-electron chi connectivity index (χ0n) is 13.2. The van der Waals surface area contributed by atoms with Gasteiger partial charge in [-0.05, 0) is 30.5 Å². The van der Waals surface area contributed by atoms with Crippen LogP contribution in [0, 0.1) is 0 Å². The fraction of sp³-hybridized carbons (Fsp3) is 0.389. The number of fused-ring (bicyclic) bond motifs is 1. The van der Waals surface area contributed by atoms with Crippen molar-refractivity contribution in [1.82, 2.24) is 5.32 Å². The number of amidine groups is 1. The largest absolute Gasteiger partial charge is 0.445 e. The molecule has 0 amide bonds. The summed E-state index contributed by atoms with van der Waals surface area (Å²) in [6, 6.07) is 7.64. The highest BCUT2D eigenvalue weighted by Gasteiger charge is 2.41. The summed E-state index contributed by atoms with van der Waals surface area (Å²) in [5.41, 5.74) is 1.94. The summed E-state index contributed by atoms with van der Waals surface area (Å²) in [6.45, 7) is 0.648. The van der Waals surface area contributed by atoms with Crippen LogP contribution < -0.4 is 10.6 Å². The molecule has 0 bridgehead atoms. The Morgan fingerprint density at radius 3 is 2.75 bits per heavy atom. The SMILES string of the molecule is Clc1ccc(CNC2=Nc3occc3NC23CCCCC3)cc1Cl. The maximum Gasteiger partial charge on any atom is 0.244 e. The molecule has 4 rings (SSSR count). The first-order chi connectivity index (χ1) is 11.7. The van der Waals surface area contributed by atoms with Gasteiger partial charge in [-0.2, -0.15) is 4.99 Å². The molecule has 1 spiro atoms. The van der Waals surface area contributed by atoms with Gasteiger partial charge in [0, 0.05) is 12.6 Å². The molecule has 0 saturated heterocycles. The summed E-state index contributed by atoms with van der Waals surface area (Å²) in [5.74, 6) is 1.60. The van der Waals surface area contributed by atoms with Crippen molar-refractivity contribution in [2.75, 3.05) is 5.32 Å². The van der Waals surface area contributed by atoms with Gasteiger partial charge in [-0.3, -0.25) is 0 Å². The van der Waals surface area contributed by atoms with Crippen molar-refractivity contribution in [3.05, 3.63) is 46.1 Å². The van der Waals surface area contributed by atoms with Gasteiger partial charge in [-0.15, -0.1) is 0 Å². The highest BCUT2D eigenvalue weighted by Crippen LogP contribution is 2.40. The lowest BCUT2D eigenvalue weighted by molar-refractivity contribution is 0.394. The van der Waals surface area contributed by atoms with E-state index >= 15 is 0 Å². The van der Waals surface area contributed by atoms with Crippen LogP contribution in [0.15, 0.2) is 39.9 Å². The summed E-state index contributed by atoms with van der Waals surface area (Å²) in [7, 11) is 0. The highest BCUT2D eigenvalue weighted by molar-refractivity contribution is 6.42. The van der Waals surface area contributed by atoms with Crippen molar-refractivity contribution in [2.24, 2.45) is 4.99 Å². The monoisotopic (exact) mass is 363 g/mol. The molecular weight excluding hydrogens is 345 g/mol. The third kappa shape index (κ3) is 2.89. The number of halogens is 2. The van der Waals surface area contributed by atoms with E-state index in [0.717, 1.165) is 29.9 Å². The normalized spacial score (nSPS) is 18.7. The van der Waals surface area contributed by atoms with Crippen molar-refractivity contribution < 1.29 is 4.42 Å². The first kappa shape index (κ1) is 15.9. The molecule has 2 N–H and O–H groups in total. The lowest BCUT2D eigenvalue weighted by atomic mass is 9.79. The van der Waals surface area contributed by atoms with Gasteiger partial charge in [0.1, 0.15) is 11.5 Å². The number of furan rings is 1. The number of aliphatic imine (C=N–C) groups is 1. The smallest absolute Gasteiger partial charge is 0.244 e. The Labute approximate surface area is 151 Å². The number of anilines is 1. The van der Waals surface area contributed by atoms with E-state index < -0.39 is 0 Å². The molecule has 0 atom stereocenters. The fourth-order valence-electron chi connectivity index (χ4n) is 3.57. The summed E-state index contributed by atoms with van der Waals surface area (Å²) < 4.78 is 5.48. The van der Waals surface area contributed by atoms with E-state index in [1.807, 2.05) is 24.3 Å². The van der Waals surface area contributed by atoms with E-state index in [1.165, 1.54) is 19.3 Å². The van der Waals surface area contributed by atoms with Crippen molar-refractivity contribution in [3.8, 4) is 0 Å². The number of nitrogens with one attached hydrogen (secondary N) is 2. The molecule has 1 saturated carbocycles. The Hall–Kier alpha value is -1.65. The molecular formula is C18H19Cl2N3O. The first-order valence-corrected chi connectivity index (χ1v) is 9.05. The second kappa shape index (κ2) is 6.34. The third-order valence-electron chi connectivity index (χ3n) is 4.84. The highest BCUT2D eigenvalue weighted by atomic mass is 35.5. The second-order valence-electron chi connectivity index (χ2n) is 6.47. The summed E-state index contributed by atoms with van der Waals surface area (Å²) in [5, 5.41) is 8.31. The summed E-state index contributed by atoms with van der Waals surface area (Å²) >= 11 is 12.1. The fourth-order valence-corrected chi connectivity index (χ4v) is 3.89. The number of hydrogen-bond donors (Lipinski definition) is 2. The van der Waals surface area contributed by atoms with Crippen LogP contribution >= 0.6 is 23.2 Å². The molecule has 2 aromatic rings. The first-order valence-electron chi connectivity index (χ1n) is 8.29. The Morgan fingerprint density at radius 2 is 1.96 bits per heavy atom. The van der Waals surface area contributed by atoms with Crippen LogP contribution in [-0.2, 0) is 6.54 Å². The van der Waals surface area contributed by atoms with Crippen LogP contribution in [0.25, 0.3) is 0 Å². The van der Waals surface area contributed by atoms with Crippen LogP contribution in [0.1, 0.15) is 37.7 Å². The minimum atomic E-state index is -0.120. The number of benzene rings is 1. The average molecular weight is 364 g/mol. The standard InChI is InChI=1S/C18H19Cl2N3O/c19-13-5-4-12(10-14(13)20)11-21-17-18(7-2-1-3-8-18)23-15-6-9-24-16(15)22-17/h4-6,9-10,23H,1-3,7-8,11H2,(H,21,22).